The van der Waals surface area contributed by atoms with E-state index in [1.807, 2.05) is 24.3 Å². The van der Waals surface area contributed by atoms with Gasteiger partial charge in [-0.2, -0.15) is 5.10 Å². The van der Waals surface area contributed by atoms with Gasteiger partial charge in [-0.05, 0) is 24.3 Å². The Bertz CT molecular complexity index is 1220. The average molecular weight is 449 g/mol. The first-order valence-electron chi connectivity index (χ1n) is 10.6. The molecule has 0 atom stereocenters. The summed E-state index contributed by atoms with van der Waals surface area (Å²) in [6.45, 7) is 4.87. The molecule has 3 N–H and O–H groups in total. The van der Waals surface area contributed by atoms with Gasteiger partial charge in [0.2, 0.25) is 0 Å². The molecule has 5 rings (SSSR count). The number of nitrogens with zero attached hydrogens (tertiary/aromatic N) is 4. The molecule has 0 bridgehead atoms. The number of morpholine rings is 1. The topological polar surface area (TPSA) is 122 Å². The fourth-order valence-electron chi connectivity index (χ4n) is 3.62. The first-order chi connectivity index (χ1) is 16.1. The molecule has 4 heterocycles. The first-order valence-corrected chi connectivity index (χ1v) is 10.6. The Balaban J connectivity index is 1.27. The number of nitrogens with one attached hydrogen (secondary N) is 3. The minimum Gasteiger partial charge on any atom is -0.492 e. The van der Waals surface area contributed by atoms with Crippen LogP contribution in [-0.4, -0.2) is 70.9 Å². The molecular weight excluding hydrogens is 426 g/mol. The minimum atomic E-state index is -0.551. The molecule has 2 saturated heterocycles. The monoisotopic (exact) mass is 449 g/mol. The number of hydrogen-bond acceptors (Lipinski definition) is 8. The van der Waals surface area contributed by atoms with Crippen molar-refractivity contribution in [2.45, 2.75) is 0 Å². The molecular formula is C22H23N7O4. The number of urea groups is 1. The van der Waals surface area contributed by atoms with E-state index in [-0.39, 0.29) is 5.70 Å². The van der Waals surface area contributed by atoms with Crippen LogP contribution in [-0.2, 0) is 9.53 Å². The van der Waals surface area contributed by atoms with Crippen LogP contribution in [0.5, 0.6) is 5.75 Å². The quantitative estimate of drug-likeness (QED) is 0.365. The number of fused-ring (bicyclic) bond motifs is 1. The van der Waals surface area contributed by atoms with Crippen LogP contribution in [0, 0.1) is 0 Å². The first kappa shape index (κ1) is 20.9. The second kappa shape index (κ2) is 9.27. The van der Waals surface area contributed by atoms with Gasteiger partial charge in [-0.25, -0.2) is 14.3 Å². The lowest BCUT2D eigenvalue weighted by atomic mass is 10.2. The van der Waals surface area contributed by atoms with E-state index in [0.29, 0.717) is 23.6 Å². The van der Waals surface area contributed by atoms with Crippen molar-refractivity contribution < 1.29 is 19.1 Å². The van der Waals surface area contributed by atoms with Crippen LogP contribution in [0.2, 0.25) is 0 Å². The summed E-state index contributed by atoms with van der Waals surface area (Å²) in [5.74, 6) is 0.888. The number of aromatic nitrogens is 3. The SMILES string of the molecule is O=C1NC(=O)C(=Cc2cnn3ccc(Nc4cccc(OCCN5CCOCC5)c4)nc23)N1. The highest BCUT2D eigenvalue weighted by Crippen LogP contribution is 2.22. The molecule has 170 valence electrons. The van der Waals surface area contributed by atoms with Crippen molar-refractivity contribution in [1.82, 2.24) is 30.1 Å². The molecule has 0 radical (unpaired) electrons. The average Bonchev–Trinajstić information content (AvgIpc) is 3.36. The maximum absolute atomic E-state index is 11.8. The number of amides is 3. The molecule has 3 aromatic rings. The third-order valence-electron chi connectivity index (χ3n) is 5.30. The Morgan fingerprint density at radius 3 is 2.88 bits per heavy atom. The summed E-state index contributed by atoms with van der Waals surface area (Å²) in [5, 5.41) is 12.2. The second-order valence-electron chi connectivity index (χ2n) is 7.60. The number of hydrogen-bond donors (Lipinski definition) is 3. The number of carbonyl (C=O) groups is 2. The van der Waals surface area contributed by atoms with E-state index in [4.69, 9.17) is 9.47 Å². The Morgan fingerprint density at radius 2 is 2.06 bits per heavy atom. The molecule has 11 heteroatoms. The van der Waals surface area contributed by atoms with E-state index in [1.54, 1.807) is 29.1 Å². The lowest BCUT2D eigenvalue weighted by molar-refractivity contribution is -0.115. The molecule has 0 spiro atoms. The Morgan fingerprint density at radius 1 is 1.18 bits per heavy atom. The number of benzene rings is 1. The van der Waals surface area contributed by atoms with Gasteiger partial charge in [0.1, 0.15) is 23.9 Å². The third kappa shape index (κ3) is 4.94. The molecule has 2 aliphatic rings. The van der Waals surface area contributed by atoms with Crippen LogP contribution in [0.3, 0.4) is 0 Å². The van der Waals surface area contributed by atoms with E-state index < -0.39 is 11.9 Å². The summed E-state index contributed by atoms with van der Waals surface area (Å²) >= 11 is 0. The maximum Gasteiger partial charge on any atom is 0.326 e. The van der Waals surface area contributed by atoms with Crippen molar-refractivity contribution >= 4 is 35.2 Å². The van der Waals surface area contributed by atoms with E-state index in [0.717, 1.165) is 44.3 Å². The summed E-state index contributed by atoms with van der Waals surface area (Å²) in [6.07, 6.45) is 4.89. The molecule has 11 nitrogen and oxygen atoms in total. The zero-order valence-electron chi connectivity index (χ0n) is 17.8. The van der Waals surface area contributed by atoms with Crippen LogP contribution >= 0.6 is 0 Å². The molecule has 2 aliphatic heterocycles. The van der Waals surface area contributed by atoms with Gasteiger partial charge in [0.15, 0.2) is 5.65 Å². The Labute approximate surface area is 189 Å². The standard InChI is InChI=1S/C22H23N7O4/c30-21-18(25-22(31)27-21)12-15-14-23-29-5-4-19(26-20(15)29)24-16-2-1-3-17(13-16)33-11-8-28-6-9-32-10-7-28/h1-5,12-14H,6-11H2,(H,24,26)(H2,25,27,30,31). The zero-order valence-corrected chi connectivity index (χ0v) is 17.8. The summed E-state index contributed by atoms with van der Waals surface area (Å²) in [7, 11) is 0. The van der Waals surface area contributed by atoms with Gasteiger partial charge in [0.25, 0.3) is 5.91 Å². The van der Waals surface area contributed by atoms with Crippen LogP contribution in [0.25, 0.3) is 11.7 Å². The molecule has 0 unspecified atom stereocenters. The van der Waals surface area contributed by atoms with E-state index >= 15 is 0 Å². The second-order valence-corrected chi connectivity index (χ2v) is 7.60. The molecule has 33 heavy (non-hydrogen) atoms. The third-order valence-corrected chi connectivity index (χ3v) is 5.30. The highest BCUT2D eigenvalue weighted by Gasteiger charge is 2.23. The number of carbonyl (C=O) groups excluding carboxylic acids is 2. The van der Waals surface area contributed by atoms with Gasteiger partial charge in [0, 0.05) is 43.1 Å². The summed E-state index contributed by atoms with van der Waals surface area (Å²) in [5.41, 5.74) is 2.13. The number of imide groups is 1. The fourth-order valence-corrected chi connectivity index (χ4v) is 3.62. The number of anilines is 2. The van der Waals surface area contributed by atoms with Crippen molar-refractivity contribution in [2.24, 2.45) is 0 Å². The summed E-state index contributed by atoms with van der Waals surface area (Å²) in [6, 6.07) is 8.93. The normalized spacial score (nSPS) is 17.9. The van der Waals surface area contributed by atoms with Crippen molar-refractivity contribution in [3.05, 3.63) is 54.0 Å². The predicted molar refractivity (Wildman–Crippen MR) is 120 cm³/mol. The predicted octanol–water partition coefficient (Wildman–Crippen LogP) is 1.36. The fraction of sp³-hybridized carbons (Fsp3) is 0.273. The molecule has 3 amide bonds. The highest BCUT2D eigenvalue weighted by atomic mass is 16.5. The van der Waals surface area contributed by atoms with E-state index in [2.05, 4.69) is 30.9 Å². The van der Waals surface area contributed by atoms with Crippen molar-refractivity contribution in [2.75, 3.05) is 44.8 Å². The van der Waals surface area contributed by atoms with Gasteiger partial charge in [-0.3, -0.25) is 15.0 Å². The minimum absolute atomic E-state index is 0.150. The number of ether oxygens (including phenoxy) is 2. The van der Waals surface area contributed by atoms with Crippen molar-refractivity contribution in [3.8, 4) is 5.75 Å². The molecule has 2 aromatic heterocycles. The van der Waals surface area contributed by atoms with Crippen LogP contribution in [0.4, 0.5) is 16.3 Å². The van der Waals surface area contributed by atoms with Gasteiger partial charge in [0.05, 0.1) is 19.4 Å². The lowest BCUT2D eigenvalue weighted by Crippen LogP contribution is -2.38. The van der Waals surface area contributed by atoms with Crippen LogP contribution in [0.15, 0.2) is 48.4 Å². The van der Waals surface area contributed by atoms with E-state index in [9.17, 15) is 9.59 Å². The number of rotatable bonds is 7. The summed E-state index contributed by atoms with van der Waals surface area (Å²) in [4.78, 5) is 30.1. The Hall–Kier alpha value is -3.96. The highest BCUT2D eigenvalue weighted by molar-refractivity contribution is 6.14. The van der Waals surface area contributed by atoms with Crippen LogP contribution < -0.4 is 20.7 Å². The largest absolute Gasteiger partial charge is 0.492 e. The van der Waals surface area contributed by atoms with Gasteiger partial charge in [-0.1, -0.05) is 6.07 Å². The molecule has 1 aromatic carbocycles. The zero-order chi connectivity index (χ0) is 22.6. The molecule has 2 fully saturated rings. The van der Waals surface area contributed by atoms with Crippen molar-refractivity contribution in [3.63, 3.8) is 0 Å². The summed E-state index contributed by atoms with van der Waals surface area (Å²) < 4.78 is 12.9. The smallest absolute Gasteiger partial charge is 0.326 e. The van der Waals surface area contributed by atoms with Crippen LogP contribution in [0.1, 0.15) is 5.56 Å². The van der Waals surface area contributed by atoms with Gasteiger partial charge < -0.3 is 20.1 Å². The molecule has 0 saturated carbocycles. The van der Waals surface area contributed by atoms with Gasteiger partial charge in [-0.15, -0.1) is 0 Å². The Kier molecular flexibility index (Phi) is 5.87. The molecule has 0 aliphatic carbocycles. The van der Waals surface area contributed by atoms with Gasteiger partial charge >= 0.3 is 6.03 Å². The van der Waals surface area contributed by atoms with E-state index in [1.165, 1.54) is 0 Å². The van der Waals surface area contributed by atoms with Crippen molar-refractivity contribution in [1.29, 1.82) is 0 Å². The lowest BCUT2D eigenvalue weighted by Gasteiger charge is -2.26. The maximum atomic E-state index is 11.8.